The lowest BCUT2D eigenvalue weighted by Gasteiger charge is -2.15. The van der Waals surface area contributed by atoms with Crippen LogP contribution < -0.4 is 14.8 Å². The van der Waals surface area contributed by atoms with Crippen LogP contribution in [0, 0.1) is 23.7 Å². The number of aromatic nitrogens is 1. The van der Waals surface area contributed by atoms with Crippen LogP contribution in [0.1, 0.15) is 31.2 Å². The summed E-state index contributed by atoms with van der Waals surface area (Å²) in [5.41, 5.74) is 0.784. The second kappa shape index (κ2) is 7.70. The van der Waals surface area contributed by atoms with Gasteiger partial charge in [0.2, 0.25) is 0 Å². The molecule has 4 nitrogen and oxygen atoms in total. The van der Waals surface area contributed by atoms with Gasteiger partial charge in [0, 0.05) is 10.3 Å². The van der Waals surface area contributed by atoms with Crippen LogP contribution in [0.4, 0.5) is 0 Å². The summed E-state index contributed by atoms with van der Waals surface area (Å²) in [6.07, 6.45) is 1.84. The van der Waals surface area contributed by atoms with Crippen LogP contribution in [0.2, 0.25) is 0 Å². The number of ketones is 1. The van der Waals surface area contributed by atoms with Gasteiger partial charge in [-0.15, -0.1) is 22.7 Å². The molecule has 0 aliphatic rings. The highest BCUT2D eigenvalue weighted by molar-refractivity contribution is 7.11. The summed E-state index contributed by atoms with van der Waals surface area (Å²) >= 11 is 2.74. The third-order valence-corrected chi connectivity index (χ3v) is 6.29. The molecule has 3 rings (SSSR count). The molecule has 1 aromatic carbocycles. The number of thiophene rings is 1. The maximum Gasteiger partial charge on any atom is 0.273 e. The fourth-order valence-electron chi connectivity index (χ4n) is 2.68. The third-order valence-electron chi connectivity index (χ3n) is 4.24. The highest BCUT2D eigenvalue weighted by Crippen LogP contribution is 2.20. The number of nitrogens with zero attached hydrogens (tertiary/aromatic N) is 2. The van der Waals surface area contributed by atoms with Crippen molar-refractivity contribution in [2.24, 2.45) is 5.41 Å². The van der Waals surface area contributed by atoms with Gasteiger partial charge in [-0.2, -0.15) is 5.26 Å². The molecule has 0 saturated carbocycles. The number of Topliss-reactive ketones (excluding diaryl/α,β-unsaturated/α-hetero) is 1. The summed E-state index contributed by atoms with van der Waals surface area (Å²) in [7, 11) is 0. The molecule has 28 heavy (non-hydrogen) atoms. The van der Waals surface area contributed by atoms with Gasteiger partial charge in [0.1, 0.15) is 16.3 Å². The largest absolute Gasteiger partial charge is 0.293 e. The van der Waals surface area contributed by atoms with Crippen molar-refractivity contribution in [1.82, 2.24) is 4.57 Å². The summed E-state index contributed by atoms with van der Waals surface area (Å²) in [6, 6.07) is 13.2. The maximum absolute atomic E-state index is 13.2. The van der Waals surface area contributed by atoms with Crippen LogP contribution in [0.25, 0.3) is 17.3 Å². The maximum atomic E-state index is 13.2. The Kier molecular flexibility index (Phi) is 5.50. The Morgan fingerprint density at radius 1 is 1.18 bits per heavy atom. The van der Waals surface area contributed by atoms with Crippen molar-refractivity contribution in [3.8, 4) is 11.8 Å². The zero-order valence-electron chi connectivity index (χ0n) is 16.1. The fourth-order valence-corrected chi connectivity index (χ4v) is 4.70. The standard InChI is InChI=1S/C22H20N2O2S2/c1-14-10-11-27-17(14)12-18-20(26)24(15-8-6-5-7-9-15)21(28-18)16(13-23)19(25)22(2,3)4/h5-12H,1-4H3/b18-12-,21-16-. The minimum absolute atomic E-state index is 0.0148. The molecular weight excluding hydrogens is 388 g/mol. The number of rotatable bonds is 3. The Hall–Kier alpha value is -2.75. The third kappa shape index (κ3) is 3.77. The van der Waals surface area contributed by atoms with Crippen molar-refractivity contribution in [3.63, 3.8) is 0 Å². The van der Waals surface area contributed by atoms with E-state index in [2.05, 4.69) is 6.07 Å². The number of benzene rings is 1. The molecule has 2 heterocycles. The Bertz CT molecular complexity index is 1250. The monoisotopic (exact) mass is 408 g/mol. The van der Waals surface area contributed by atoms with Crippen LogP contribution in [-0.4, -0.2) is 10.4 Å². The average molecular weight is 409 g/mol. The van der Waals surface area contributed by atoms with Crippen LogP contribution >= 0.6 is 22.7 Å². The number of nitriles is 1. The number of aryl methyl sites for hydroxylation is 1. The minimum Gasteiger partial charge on any atom is -0.293 e. The topological polar surface area (TPSA) is 62.9 Å². The second-order valence-electron chi connectivity index (χ2n) is 7.43. The van der Waals surface area contributed by atoms with E-state index in [0.29, 0.717) is 14.9 Å². The zero-order chi connectivity index (χ0) is 20.5. The molecular formula is C22H20N2O2S2. The van der Waals surface area contributed by atoms with E-state index in [1.165, 1.54) is 15.9 Å². The molecule has 3 aromatic rings. The van der Waals surface area contributed by atoms with Gasteiger partial charge < -0.3 is 0 Å². The Morgan fingerprint density at radius 2 is 1.86 bits per heavy atom. The summed E-state index contributed by atoms with van der Waals surface area (Å²) in [5.74, 6) is -0.278. The van der Waals surface area contributed by atoms with Gasteiger partial charge in [0.25, 0.3) is 5.56 Å². The zero-order valence-corrected chi connectivity index (χ0v) is 17.8. The molecule has 0 amide bonds. The van der Waals surface area contributed by atoms with E-state index in [-0.39, 0.29) is 16.9 Å². The number of thiazole rings is 1. The van der Waals surface area contributed by atoms with Gasteiger partial charge in [0.15, 0.2) is 5.78 Å². The first-order valence-corrected chi connectivity index (χ1v) is 10.5. The first-order valence-electron chi connectivity index (χ1n) is 8.76. The van der Waals surface area contributed by atoms with Crippen molar-refractivity contribution in [1.29, 1.82) is 5.26 Å². The lowest BCUT2D eigenvalue weighted by Crippen LogP contribution is -2.33. The molecule has 0 N–H and O–H groups in total. The fraction of sp³-hybridized carbons (Fsp3) is 0.227. The molecule has 0 radical (unpaired) electrons. The number of para-hydroxylation sites is 1. The van der Waals surface area contributed by atoms with Crippen LogP contribution in [0.15, 0.2) is 46.6 Å². The van der Waals surface area contributed by atoms with Crippen molar-refractivity contribution >= 4 is 40.1 Å². The summed E-state index contributed by atoms with van der Waals surface area (Å²) in [4.78, 5) is 27.1. The normalized spacial score (nSPS) is 13.3. The van der Waals surface area contributed by atoms with Gasteiger partial charge in [-0.3, -0.25) is 14.2 Å². The molecule has 0 spiro atoms. The number of hydrogen-bond acceptors (Lipinski definition) is 5. The molecule has 2 aromatic heterocycles. The Morgan fingerprint density at radius 3 is 2.39 bits per heavy atom. The van der Waals surface area contributed by atoms with Crippen LogP contribution in [0.3, 0.4) is 0 Å². The van der Waals surface area contributed by atoms with Crippen molar-refractivity contribution < 1.29 is 4.79 Å². The number of carbonyl (C=O) groups is 1. The molecule has 0 atom stereocenters. The average Bonchev–Trinajstić information content (AvgIpc) is 3.20. The highest BCUT2D eigenvalue weighted by Gasteiger charge is 2.27. The minimum atomic E-state index is -0.721. The highest BCUT2D eigenvalue weighted by atomic mass is 32.1. The molecule has 0 aliphatic heterocycles. The number of carbonyl (C=O) groups excluding carboxylic acids is 1. The first kappa shape index (κ1) is 20.0. The number of hydrogen-bond donors (Lipinski definition) is 0. The molecule has 6 heteroatoms. The molecule has 0 fully saturated rings. The smallest absolute Gasteiger partial charge is 0.273 e. The quantitative estimate of drug-likeness (QED) is 0.667. The van der Waals surface area contributed by atoms with Crippen LogP contribution in [-0.2, 0) is 4.79 Å². The van der Waals surface area contributed by atoms with Crippen molar-refractivity contribution in [2.75, 3.05) is 0 Å². The van der Waals surface area contributed by atoms with Gasteiger partial charge >= 0.3 is 0 Å². The van der Waals surface area contributed by atoms with Gasteiger partial charge in [0.05, 0.1) is 10.2 Å². The molecule has 0 saturated heterocycles. The lowest BCUT2D eigenvalue weighted by atomic mass is 9.87. The first-order chi connectivity index (χ1) is 13.2. The molecule has 142 valence electrons. The van der Waals surface area contributed by atoms with Crippen molar-refractivity contribution in [2.45, 2.75) is 27.7 Å². The van der Waals surface area contributed by atoms with E-state index in [0.717, 1.165) is 10.4 Å². The van der Waals surface area contributed by atoms with Gasteiger partial charge in [-0.1, -0.05) is 39.0 Å². The van der Waals surface area contributed by atoms with Crippen molar-refractivity contribution in [3.05, 3.63) is 71.8 Å². The SMILES string of the molecule is Cc1ccsc1/C=c1\s/c(=C(/C#N)C(=O)C(C)(C)C)n(-c2ccccc2)c1=O. The van der Waals surface area contributed by atoms with E-state index >= 15 is 0 Å². The predicted molar refractivity (Wildman–Crippen MR) is 115 cm³/mol. The van der Waals surface area contributed by atoms with E-state index in [4.69, 9.17) is 0 Å². The van der Waals surface area contributed by atoms with Crippen LogP contribution in [0.5, 0.6) is 0 Å². The molecule has 0 unspecified atom stereocenters. The Labute approximate surface area is 171 Å². The van der Waals surface area contributed by atoms with E-state index < -0.39 is 5.41 Å². The lowest BCUT2D eigenvalue weighted by molar-refractivity contribution is -0.120. The van der Waals surface area contributed by atoms with Gasteiger partial charge in [-0.05, 0) is 42.1 Å². The molecule has 0 aliphatic carbocycles. The summed E-state index contributed by atoms with van der Waals surface area (Å²) in [6.45, 7) is 7.30. The Balaban J connectivity index is 2.45. The van der Waals surface area contributed by atoms with E-state index in [1.54, 1.807) is 44.2 Å². The van der Waals surface area contributed by atoms with Gasteiger partial charge in [-0.25, -0.2) is 0 Å². The summed E-state index contributed by atoms with van der Waals surface area (Å²) < 4.78 is 2.35. The summed E-state index contributed by atoms with van der Waals surface area (Å²) in [5, 5.41) is 11.7. The predicted octanol–water partition coefficient (Wildman–Crippen LogP) is 3.39. The van der Waals surface area contributed by atoms with E-state index in [9.17, 15) is 14.9 Å². The molecule has 0 bridgehead atoms. The second-order valence-corrected chi connectivity index (χ2v) is 9.40. The van der Waals surface area contributed by atoms with E-state index in [1.807, 2.05) is 42.6 Å².